The second-order valence-corrected chi connectivity index (χ2v) is 6.61. The van der Waals surface area contributed by atoms with Gasteiger partial charge in [-0.15, -0.1) is 0 Å². The Hall–Kier alpha value is 0.500. The largest absolute Gasteiger partial charge is 0.400 e. The van der Waals surface area contributed by atoms with E-state index in [0.717, 1.165) is 13.5 Å². The van der Waals surface area contributed by atoms with E-state index >= 15 is 0 Å². The maximum absolute atomic E-state index is 7.00. The van der Waals surface area contributed by atoms with Gasteiger partial charge in [-0.25, -0.2) is 0 Å². The summed E-state index contributed by atoms with van der Waals surface area (Å²) >= 11 is 1.55. The molecule has 21 heavy (non-hydrogen) atoms. The Kier molecular flexibility index (Phi) is 21.0. The summed E-state index contributed by atoms with van der Waals surface area (Å²) in [6.45, 7) is 6.44. The zero-order valence-corrected chi connectivity index (χ0v) is 17.0. The molecule has 2 aliphatic carbocycles. The normalized spacial score (nSPS) is 17.7. The second kappa shape index (κ2) is 18.5. The third-order valence-corrected chi connectivity index (χ3v) is 5.10. The van der Waals surface area contributed by atoms with Crippen molar-refractivity contribution in [1.29, 1.82) is 0 Å². The van der Waals surface area contributed by atoms with Gasteiger partial charge in [0.25, 0.3) is 0 Å². The van der Waals surface area contributed by atoms with Gasteiger partial charge in [0.2, 0.25) is 0 Å². The van der Waals surface area contributed by atoms with Crippen molar-refractivity contribution < 1.29 is 26.0 Å². The van der Waals surface area contributed by atoms with Gasteiger partial charge >= 0.3 is 57.0 Å². The van der Waals surface area contributed by atoms with Crippen LogP contribution in [0.2, 0.25) is 0 Å². The first-order valence-electron chi connectivity index (χ1n) is 8.56. The molecule has 0 unspecified atom stereocenters. The molecule has 0 spiro atoms. The van der Waals surface area contributed by atoms with Gasteiger partial charge in [-0.3, -0.25) is 0 Å². The SMILES string of the molecule is CCC(C)(C)[N]=[Nb].CO.[CH-]1CCCCC1.[CH-]1CCCCC1. The maximum atomic E-state index is 7.00. The van der Waals surface area contributed by atoms with Crippen molar-refractivity contribution in [3.63, 3.8) is 0 Å². The molecule has 2 fully saturated rings. The van der Waals surface area contributed by atoms with Crippen LogP contribution in [0.5, 0.6) is 0 Å². The van der Waals surface area contributed by atoms with Gasteiger partial charge in [-0.05, 0) is 0 Å². The summed E-state index contributed by atoms with van der Waals surface area (Å²) in [6, 6.07) is 0. The van der Waals surface area contributed by atoms with E-state index in [2.05, 4.69) is 37.0 Å². The molecule has 2 saturated carbocycles. The fraction of sp³-hybridized carbons (Fsp3) is 0.889. The van der Waals surface area contributed by atoms with Crippen LogP contribution in [0.15, 0.2) is 3.34 Å². The summed E-state index contributed by atoms with van der Waals surface area (Å²) in [5.41, 5.74) is 0.231. The molecular weight excluding hydrogens is 339 g/mol. The summed E-state index contributed by atoms with van der Waals surface area (Å²) in [7, 11) is 1.00. The average Bonchev–Trinajstić information content (AvgIpc) is 2.61. The van der Waals surface area contributed by atoms with Crippen molar-refractivity contribution in [2.45, 2.75) is 96.9 Å². The molecule has 3 heteroatoms. The predicted octanol–water partition coefficient (Wildman–Crippen LogP) is 5.82. The van der Waals surface area contributed by atoms with Crippen LogP contribution in [-0.2, 0) is 20.9 Å². The van der Waals surface area contributed by atoms with Crippen LogP contribution in [-0.4, -0.2) is 17.8 Å². The van der Waals surface area contributed by atoms with Gasteiger partial charge < -0.3 is 17.9 Å². The molecule has 0 aromatic heterocycles. The summed E-state index contributed by atoms with van der Waals surface area (Å²) in [6.07, 6.45) is 20.1. The fourth-order valence-corrected chi connectivity index (χ4v) is 2.22. The van der Waals surface area contributed by atoms with Gasteiger partial charge in [0.05, 0.1) is 0 Å². The topological polar surface area (TPSA) is 32.6 Å². The number of aliphatic hydroxyl groups excluding tert-OH is 1. The minimum atomic E-state index is 0.231. The maximum Gasteiger partial charge on any atom is 0.0319 e. The molecule has 0 aromatic rings. The van der Waals surface area contributed by atoms with Crippen LogP contribution in [0.25, 0.3) is 0 Å². The van der Waals surface area contributed by atoms with E-state index in [-0.39, 0.29) is 5.54 Å². The molecule has 0 bridgehead atoms. The molecule has 0 aliphatic heterocycles. The molecule has 0 heterocycles. The average molecular weight is 376 g/mol. The minimum Gasteiger partial charge on any atom is -0.400 e. The van der Waals surface area contributed by atoms with Gasteiger partial charge in [0.1, 0.15) is 0 Å². The molecule has 0 amide bonds. The first-order chi connectivity index (χ1) is 10.1. The van der Waals surface area contributed by atoms with E-state index < -0.39 is 0 Å². The van der Waals surface area contributed by atoms with Crippen molar-refractivity contribution >= 4 is 0 Å². The van der Waals surface area contributed by atoms with Crippen molar-refractivity contribution in [1.82, 2.24) is 0 Å². The van der Waals surface area contributed by atoms with Gasteiger partial charge in [0.15, 0.2) is 0 Å². The number of nitrogens with zero attached hydrogens (tertiary/aromatic N) is 1. The molecule has 0 aromatic carbocycles. The van der Waals surface area contributed by atoms with E-state index in [1.165, 1.54) is 64.2 Å². The van der Waals surface area contributed by atoms with E-state index in [9.17, 15) is 0 Å². The molecule has 2 rings (SSSR count). The van der Waals surface area contributed by atoms with Gasteiger partial charge in [0, 0.05) is 7.11 Å². The monoisotopic (exact) mass is 376 g/mol. The Morgan fingerprint density at radius 1 is 0.857 bits per heavy atom. The molecule has 127 valence electrons. The third-order valence-electron chi connectivity index (χ3n) is 3.77. The summed E-state index contributed by atoms with van der Waals surface area (Å²) in [4.78, 5) is 0. The van der Waals surface area contributed by atoms with E-state index in [1.54, 1.807) is 20.9 Å². The van der Waals surface area contributed by atoms with Gasteiger partial charge in [-0.2, -0.15) is 25.7 Å². The zero-order chi connectivity index (χ0) is 16.4. The summed E-state index contributed by atoms with van der Waals surface area (Å²) < 4.78 is 4.19. The van der Waals surface area contributed by atoms with Crippen molar-refractivity contribution in [2.75, 3.05) is 7.11 Å². The van der Waals surface area contributed by atoms with Crippen LogP contribution in [0.3, 0.4) is 0 Å². The van der Waals surface area contributed by atoms with E-state index in [4.69, 9.17) is 5.11 Å². The predicted molar refractivity (Wildman–Crippen MR) is 89.7 cm³/mol. The molecule has 2 aliphatic rings. The Morgan fingerprint density at radius 3 is 1.24 bits per heavy atom. The number of rotatable bonds is 2. The Morgan fingerprint density at radius 2 is 1.19 bits per heavy atom. The van der Waals surface area contributed by atoms with E-state index in [0.29, 0.717) is 0 Å². The first kappa shape index (κ1) is 23.8. The molecule has 0 atom stereocenters. The van der Waals surface area contributed by atoms with Crippen molar-refractivity contribution in [3.05, 3.63) is 12.8 Å². The fourth-order valence-electron chi connectivity index (χ4n) is 1.87. The third kappa shape index (κ3) is 20.5. The Balaban J connectivity index is 0. The van der Waals surface area contributed by atoms with E-state index in [1.807, 2.05) is 0 Å². The Bertz CT molecular complexity index is 164. The number of hydrogen-bond acceptors (Lipinski definition) is 2. The van der Waals surface area contributed by atoms with Crippen LogP contribution >= 0.6 is 0 Å². The standard InChI is InChI=1S/2C6H11.C5H11N.CH4O.Nb/c2*1-2-4-6-5-3-1;1-4-5(2,3)6;1-2;/h2*1H,2-6H2;4H2,1-3H3;2H,1H3;/q2*-1;;;. The van der Waals surface area contributed by atoms with Crippen LogP contribution in [0.1, 0.15) is 91.4 Å². The van der Waals surface area contributed by atoms with Crippen molar-refractivity contribution in [2.24, 2.45) is 3.34 Å². The number of aliphatic hydroxyl groups is 1. The summed E-state index contributed by atoms with van der Waals surface area (Å²) in [5, 5.41) is 7.00. The Labute approximate surface area is 146 Å². The molecular formula is C18H37NNbO-2. The van der Waals surface area contributed by atoms with Crippen LogP contribution < -0.4 is 0 Å². The zero-order valence-electron chi connectivity index (χ0n) is 14.8. The molecule has 2 nitrogen and oxygen atoms in total. The molecule has 1 N–H and O–H groups in total. The summed E-state index contributed by atoms with van der Waals surface area (Å²) in [5.74, 6) is 0. The van der Waals surface area contributed by atoms with Gasteiger partial charge in [-0.1, -0.05) is 38.5 Å². The number of hydrogen-bond donors (Lipinski definition) is 1. The second-order valence-electron chi connectivity index (χ2n) is 6.12. The quantitative estimate of drug-likeness (QED) is 0.478. The molecule has 0 saturated heterocycles. The molecule has 0 radical (unpaired) electrons. The smallest absolute Gasteiger partial charge is 0.0319 e. The van der Waals surface area contributed by atoms with Crippen LogP contribution in [0, 0.1) is 12.8 Å². The minimum absolute atomic E-state index is 0.231. The van der Waals surface area contributed by atoms with Crippen molar-refractivity contribution in [3.8, 4) is 0 Å². The van der Waals surface area contributed by atoms with Crippen LogP contribution in [0.4, 0.5) is 0 Å². The first-order valence-corrected chi connectivity index (χ1v) is 9.55.